The van der Waals surface area contributed by atoms with Gasteiger partial charge in [-0.1, -0.05) is 12.1 Å². The summed E-state index contributed by atoms with van der Waals surface area (Å²) in [5, 5.41) is 13.8. The Morgan fingerprint density at radius 1 is 1.32 bits per heavy atom. The number of piperidine rings is 1. The minimum Gasteiger partial charge on any atom is -0.368 e. The molecule has 9 heteroatoms. The molecule has 0 spiro atoms. The SMILES string of the molecule is Nc1nccc([C@H]2CCCN(Cc3csc(-c4cccc([N+](=O)[O-])c4)n3)C2)n1. The lowest BCUT2D eigenvalue weighted by atomic mass is 9.94. The zero-order chi connectivity index (χ0) is 19.5. The van der Waals surface area contributed by atoms with Gasteiger partial charge in [0, 0.05) is 48.3 Å². The van der Waals surface area contributed by atoms with Gasteiger partial charge < -0.3 is 5.73 Å². The number of nitrogens with zero attached hydrogens (tertiary/aromatic N) is 5. The number of rotatable bonds is 5. The van der Waals surface area contributed by atoms with Gasteiger partial charge in [0.15, 0.2) is 0 Å². The van der Waals surface area contributed by atoms with Crippen LogP contribution in [0.1, 0.15) is 30.1 Å². The third kappa shape index (κ3) is 4.15. The Morgan fingerprint density at radius 2 is 2.21 bits per heavy atom. The van der Waals surface area contributed by atoms with Crippen molar-refractivity contribution >= 4 is 23.0 Å². The minimum atomic E-state index is -0.383. The van der Waals surface area contributed by atoms with Crippen molar-refractivity contribution in [1.29, 1.82) is 0 Å². The number of nitro groups is 1. The number of likely N-dealkylation sites (tertiary alicyclic amines) is 1. The molecule has 8 nitrogen and oxygen atoms in total. The average Bonchev–Trinajstić information content (AvgIpc) is 3.17. The number of hydrogen-bond acceptors (Lipinski definition) is 8. The molecule has 0 unspecified atom stereocenters. The summed E-state index contributed by atoms with van der Waals surface area (Å²) in [5.74, 6) is 0.657. The van der Waals surface area contributed by atoms with Crippen LogP contribution in [0.3, 0.4) is 0 Å². The van der Waals surface area contributed by atoms with Gasteiger partial charge in [0.25, 0.3) is 5.69 Å². The first-order chi connectivity index (χ1) is 13.6. The van der Waals surface area contributed by atoms with E-state index in [0.717, 1.165) is 54.4 Å². The summed E-state index contributed by atoms with van der Waals surface area (Å²) in [6.45, 7) is 2.67. The van der Waals surface area contributed by atoms with Crippen LogP contribution in [0.5, 0.6) is 0 Å². The van der Waals surface area contributed by atoms with E-state index in [1.54, 1.807) is 18.3 Å². The van der Waals surface area contributed by atoms with Gasteiger partial charge in [-0.3, -0.25) is 15.0 Å². The summed E-state index contributed by atoms with van der Waals surface area (Å²) in [6, 6.07) is 8.54. The number of benzene rings is 1. The first-order valence-electron chi connectivity index (χ1n) is 9.08. The first kappa shape index (κ1) is 18.5. The highest BCUT2D eigenvalue weighted by atomic mass is 32.1. The molecule has 0 saturated carbocycles. The van der Waals surface area contributed by atoms with Crippen LogP contribution >= 0.6 is 11.3 Å². The fourth-order valence-corrected chi connectivity index (χ4v) is 4.36. The highest BCUT2D eigenvalue weighted by Crippen LogP contribution is 2.29. The van der Waals surface area contributed by atoms with Gasteiger partial charge in [-0.15, -0.1) is 11.3 Å². The second-order valence-corrected chi connectivity index (χ2v) is 7.72. The molecule has 1 fully saturated rings. The lowest BCUT2D eigenvalue weighted by molar-refractivity contribution is -0.384. The van der Waals surface area contributed by atoms with E-state index in [9.17, 15) is 10.1 Å². The molecule has 2 N–H and O–H groups in total. The molecule has 0 amide bonds. The first-order valence-corrected chi connectivity index (χ1v) is 9.96. The van der Waals surface area contributed by atoms with Crippen molar-refractivity contribution in [2.24, 2.45) is 0 Å². The highest BCUT2D eigenvalue weighted by Gasteiger charge is 2.23. The molecular formula is C19H20N6O2S. The summed E-state index contributed by atoms with van der Waals surface area (Å²) >= 11 is 1.51. The summed E-state index contributed by atoms with van der Waals surface area (Å²) in [5.41, 5.74) is 8.56. The van der Waals surface area contributed by atoms with E-state index >= 15 is 0 Å². The molecule has 28 heavy (non-hydrogen) atoms. The van der Waals surface area contributed by atoms with Crippen LogP contribution in [0.25, 0.3) is 10.6 Å². The summed E-state index contributed by atoms with van der Waals surface area (Å²) in [4.78, 5) is 26.0. The normalized spacial score (nSPS) is 17.5. The van der Waals surface area contributed by atoms with Gasteiger partial charge in [-0.05, 0) is 25.5 Å². The van der Waals surface area contributed by atoms with Gasteiger partial charge in [0.05, 0.1) is 16.3 Å². The van der Waals surface area contributed by atoms with Crippen LogP contribution in [0.15, 0.2) is 41.9 Å². The molecule has 1 aliphatic heterocycles. The van der Waals surface area contributed by atoms with Crippen molar-refractivity contribution < 1.29 is 4.92 Å². The molecule has 1 aliphatic rings. The maximum absolute atomic E-state index is 11.0. The third-order valence-electron chi connectivity index (χ3n) is 4.86. The number of thiazole rings is 1. The number of anilines is 1. The monoisotopic (exact) mass is 396 g/mol. The third-order valence-corrected chi connectivity index (χ3v) is 5.80. The number of hydrogen-bond donors (Lipinski definition) is 1. The van der Waals surface area contributed by atoms with Crippen molar-refractivity contribution in [3.63, 3.8) is 0 Å². The van der Waals surface area contributed by atoms with E-state index in [1.807, 2.05) is 17.5 Å². The lowest BCUT2D eigenvalue weighted by Gasteiger charge is -2.31. The summed E-state index contributed by atoms with van der Waals surface area (Å²) in [7, 11) is 0. The number of aromatic nitrogens is 3. The van der Waals surface area contributed by atoms with E-state index in [4.69, 9.17) is 10.7 Å². The van der Waals surface area contributed by atoms with Gasteiger partial charge in [0.1, 0.15) is 5.01 Å². The van der Waals surface area contributed by atoms with Crippen molar-refractivity contribution in [3.8, 4) is 10.6 Å². The van der Waals surface area contributed by atoms with Gasteiger partial charge in [-0.2, -0.15) is 0 Å². The molecule has 1 aromatic carbocycles. The van der Waals surface area contributed by atoms with Crippen LogP contribution in [-0.4, -0.2) is 37.9 Å². The molecule has 1 saturated heterocycles. The molecule has 0 radical (unpaired) electrons. The Morgan fingerprint density at radius 3 is 3.04 bits per heavy atom. The van der Waals surface area contributed by atoms with E-state index in [0.29, 0.717) is 11.9 Å². The van der Waals surface area contributed by atoms with Crippen molar-refractivity contribution in [2.45, 2.75) is 25.3 Å². The van der Waals surface area contributed by atoms with Crippen LogP contribution in [0, 0.1) is 10.1 Å². The average molecular weight is 396 g/mol. The lowest BCUT2D eigenvalue weighted by Crippen LogP contribution is -2.34. The van der Waals surface area contributed by atoms with Gasteiger partial charge >= 0.3 is 0 Å². The molecule has 3 aromatic rings. The summed E-state index contributed by atoms with van der Waals surface area (Å²) < 4.78 is 0. The molecular weight excluding hydrogens is 376 g/mol. The van der Waals surface area contributed by atoms with Gasteiger partial charge in [0.2, 0.25) is 5.95 Å². The van der Waals surface area contributed by atoms with Gasteiger partial charge in [-0.25, -0.2) is 15.0 Å². The predicted molar refractivity (Wildman–Crippen MR) is 108 cm³/mol. The molecule has 0 bridgehead atoms. The number of non-ortho nitro benzene ring substituents is 1. The van der Waals surface area contributed by atoms with Crippen LogP contribution in [-0.2, 0) is 6.54 Å². The minimum absolute atomic E-state index is 0.0808. The Labute approximate surface area is 166 Å². The molecule has 144 valence electrons. The smallest absolute Gasteiger partial charge is 0.270 e. The van der Waals surface area contributed by atoms with Crippen molar-refractivity contribution in [1.82, 2.24) is 19.9 Å². The molecule has 1 atom stereocenters. The largest absolute Gasteiger partial charge is 0.368 e. The second kappa shape index (κ2) is 7.99. The van der Waals surface area contributed by atoms with Crippen LogP contribution in [0.2, 0.25) is 0 Å². The van der Waals surface area contributed by atoms with Crippen molar-refractivity contribution in [2.75, 3.05) is 18.8 Å². The summed E-state index contributed by atoms with van der Waals surface area (Å²) in [6.07, 6.45) is 3.89. The molecule has 3 heterocycles. The van der Waals surface area contributed by atoms with Crippen LogP contribution < -0.4 is 5.73 Å². The second-order valence-electron chi connectivity index (χ2n) is 6.87. The number of nitro benzene ring substituents is 1. The maximum atomic E-state index is 11.0. The Hall–Kier alpha value is -2.91. The fourth-order valence-electron chi connectivity index (χ4n) is 3.55. The quantitative estimate of drug-likeness (QED) is 0.519. The molecule has 0 aliphatic carbocycles. The van der Waals surface area contributed by atoms with E-state index in [2.05, 4.69) is 14.9 Å². The fraction of sp³-hybridized carbons (Fsp3) is 0.316. The Bertz CT molecular complexity index is 992. The Balaban J connectivity index is 1.45. The zero-order valence-corrected chi connectivity index (χ0v) is 16.0. The maximum Gasteiger partial charge on any atom is 0.270 e. The predicted octanol–water partition coefficient (Wildman–Crippen LogP) is 3.47. The van der Waals surface area contributed by atoms with E-state index in [1.165, 1.54) is 17.4 Å². The zero-order valence-electron chi connectivity index (χ0n) is 15.2. The number of nitrogens with two attached hydrogens (primary N) is 1. The van der Waals surface area contributed by atoms with E-state index < -0.39 is 0 Å². The molecule has 4 rings (SSSR count). The Kier molecular flexibility index (Phi) is 5.27. The molecule has 2 aromatic heterocycles. The van der Waals surface area contributed by atoms with Crippen LogP contribution in [0.4, 0.5) is 11.6 Å². The number of nitrogen functional groups attached to an aromatic ring is 1. The topological polar surface area (TPSA) is 111 Å². The van der Waals surface area contributed by atoms with Crippen molar-refractivity contribution in [3.05, 3.63) is 63.4 Å². The standard InChI is InChI=1S/C19H20N6O2S/c20-19-21-7-6-17(23-19)14-4-2-8-24(10-14)11-15-12-28-18(22-15)13-3-1-5-16(9-13)25(26)27/h1,3,5-7,9,12,14H,2,4,8,10-11H2,(H2,20,21,23)/t14-/m0/s1. The van der Waals surface area contributed by atoms with E-state index in [-0.39, 0.29) is 10.6 Å². The highest BCUT2D eigenvalue weighted by molar-refractivity contribution is 7.13.